The quantitative estimate of drug-likeness (QED) is 0.846. The average molecular weight is 320 g/mol. The lowest BCUT2D eigenvalue weighted by molar-refractivity contribution is 0.0691. The van der Waals surface area contributed by atoms with E-state index >= 15 is 0 Å². The summed E-state index contributed by atoms with van der Waals surface area (Å²) in [5, 5.41) is 11.3. The van der Waals surface area contributed by atoms with Gasteiger partial charge in [-0.1, -0.05) is 26.0 Å². The first-order chi connectivity index (χ1) is 10.5. The fourth-order valence-electron chi connectivity index (χ4n) is 2.15. The Balaban J connectivity index is 2.22. The SMILES string of the molecule is COc1cccc(CN(CC(C)C)c2nc(C(=O)O)cs2)c1. The summed E-state index contributed by atoms with van der Waals surface area (Å²) in [6, 6.07) is 7.87. The number of methoxy groups -OCH3 is 1. The van der Waals surface area contributed by atoms with Gasteiger partial charge in [-0.15, -0.1) is 11.3 Å². The summed E-state index contributed by atoms with van der Waals surface area (Å²) in [6.07, 6.45) is 0. The normalized spacial score (nSPS) is 10.7. The first-order valence-corrected chi connectivity index (χ1v) is 7.94. The third kappa shape index (κ3) is 4.21. The molecule has 2 aromatic rings. The number of aromatic nitrogens is 1. The van der Waals surface area contributed by atoms with Gasteiger partial charge < -0.3 is 14.7 Å². The van der Waals surface area contributed by atoms with E-state index in [1.54, 1.807) is 12.5 Å². The molecule has 0 saturated carbocycles. The van der Waals surface area contributed by atoms with Crippen LogP contribution in [0.2, 0.25) is 0 Å². The molecule has 0 atom stereocenters. The molecule has 0 spiro atoms. The van der Waals surface area contributed by atoms with Crippen LogP contribution in [0.4, 0.5) is 5.13 Å². The van der Waals surface area contributed by atoms with Crippen LogP contribution in [-0.2, 0) is 6.54 Å². The molecule has 0 aliphatic rings. The predicted octanol–water partition coefficient (Wildman–Crippen LogP) is 3.51. The lowest BCUT2D eigenvalue weighted by Gasteiger charge is -2.24. The van der Waals surface area contributed by atoms with E-state index in [0.29, 0.717) is 12.5 Å². The first-order valence-electron chi connectivity index (χ1n) is 7.06. The molecule has 0 fully saturated rings. The van der Waals surface area contributed by atoms with Gasteiger partial charge in [0, 0.05) is 18.5 Å². The van der Waals surface area contributed by atoms with Gasteiger partial charge in [0.25, 0.3) is 0 Å². The van der Waals surface area contributed by atoms with Crippen molar-refractivity contribution >= 4 is 22.4 Å². The van der Waals surface area contributed by atoms with Gasteiger partial charge in [0.1, 0.15) is 5.75 Å². The molecule has 0 aliphatic heterocycles. The van der Waals surface area contributed by atoms with Crippen molar-refractivity contribution in [2.24, 2.45) is 5.92 Å². The van der Waals surface area contributed by atoms with Crippen LogP contribution < -0.4 is 9.64 Å². The van der Waals surface area contributed by atoms with Crippen LogP contribution in [-0.4, -0.2) is 29.7 Å². The summed E-state index contributed by atoms with van der Waals surface area (Å²) in [5.41, 5.74) is 1.20. The summed E-state index contributed by atoms with van der Waals surface area (Å²) in [7, 11) is 1.64. The molecule has 1 aromatic heterocycles. The minimum atomic E-state index is -0.992. The van der Waals surface area contributed by atoms with Gasteiger partial charge >= 0.3 is 5.97 Å². The van der Waals surface area contributed by atoms with Gasteiger partial charge in [-0.2, -0.15) is 0 Å². The molecule has 0 radical (unpaired) electrons. The van der Waals surface area contributed by atoms with Crippen LogP contribution in [0.15, 0.2) is 29.6 Å². The highest BCUT2D eigenvalue weighted by molar-refractivity contribution is 7.13. The largest absolute Gasteiger partial charge is 0.497 e. The first kappa shape index (κ1) is 16.3. The fraction of sp³-hybridized carbons (Fsp3) is 0.375. The molecule has 2 rings (SSSR count). The Hall–Kier alpha value is -2.08. The van der Waals surface area contributed by atoms with E-state index in [0.717, 1.165) is 23.0 Å². The number of anilines is 1. The maximum atomic E-state index is 11.0. The lowest BCUT2D eigenvalue weighted by atomic mass is 10.1. The predicted molar refractivity (Wildman–Crippen MR) is 88.0 cm³/mol. The van der Waals surface area contributed by atoms with E-state index in [9.17, 15) is 4.79 Å². The van der Waals surface area contributed by atoms with Gasteiger partial charge in [-0.3, -0.25) is 0 Å². The minimum absolute atomic E-state index is 0.0967. The summed E-state index contributed by atoms with van der Waals surface area (Å²) in [6.45, 7) is 5.74. The van der Waals surface area contributed by atoms with Crippen LogP contribution in [0, 0.1) is 5.92 Å². The smallest absolute Gasteiger partial charge is 0.355 e. The molecule has 5 nitrogen and oxygen atoms in total. The zero-order chi connectivity index (χ0) is 16.1. The number of hydrogen-bond acceptors (Lipinski definition) is 5. The van der Waals surface area contributed by atoms with Crippen LogP contribution in [0.25, 0.3) is 0 Å². The van der Waals surface area contributed by atoms with E-state index in [2.05, 4.69) is 23.7 Å². The Labute approximate surface area is 134 Å². The van der Waals surface area contributed by atoms with Crippen molar-refractivity contribution in [3.05, 3.63) is 40.9 Å². The molecule has 22 heavy (non-hydrogen) atoms. The monoisotopic (exact) mass is 320 g/mol. The van der Waals surface area contributed by atoms with Crippen LogP contribution >= 0.6 is 11.3 Å². The highest BCUT2D eigenvalue weighted by Gasteiger charge is 2.16. The lowest BCUT2D eigenvalue weighted by Crippen LogP contribution is -2.27. The van der Waals surface area contributed by atoms with Crippen molar-refractivity contribution in [1.82, 2.24) is 4.98 Å². The van der Waals surface area contributed by atoms with E-state index in [4.69, 9.17) is 9.84 Å². The number of carboxylic acid groups (broad SMARTS) is 1. The number of rotatable bonds is 7. The minimum Gasteiger partial charge on any atom is -0.497 e. The Morgan fingerprint density at radius 1 is 1.45 bits per heavy atom. The van der Waals surface area contributed by atoms with E-state index in [1.807, 2.05) is 24.3 Å². The number of carbonyl (C=O) groups is 1. The highest BCUT2D eigenvalue weighted by Crippen LogP contribution is 2.24. The molecular formula is C16H20N2O3S. The summed E-state index contributed by atoms with van der Waals surface area (Å²) < 4.78 is 5.25. The van der Waals surface area contributed by atoms with Gasteiger partial charge in [0.2, 0.25) is 0 Å². The van der Waals surface area contributed by atoms with Crippen molar-refractivity contribution in [1.29, 1.82) is 0 Å². The summed E-state index contributed by atoms with van der Waals surface area (Å²) >= 11 is 1.36. The zero-order valence-electron chi connectivity index (χ0n) is 12.9. The second-order valence-electron chi connectivity index (χ2n) is 5.45. The average Bonchev–Trinajstić information content (AvgIpc) is 2.96. The molecule has 118 valence electrons. The Kier molecular flexibility index (Phi) is 5.38. The second kappa shape index (κ2) is 7.26. The molecule has 6 heteroatoms. The number of aromatic carboxylic acids is 1. The van der Waals surface area contributed by atoms with Crippen LogP contribution in [0.5, 0.6) is 5.75 Å². The third-order valence-electron chi connectivity index (χ3n) is 3.07. The number of benzene rings is 1. The van der Waals surface area contributed by atoms with Gasteiger partial charge in [-0.05, 0) is 23.6 Å². The Bertz CT molecular complexity index is 640. The Morgan fingerprint density at radius 2 is 2.23 bits per heavy atom. The maximum Gasteiger partial charge on any atom is 0.355 e. The standard InChI is InChI=1S/C16H20N2O3S/c1-11(2)8-18(16-17-14(10-22-16)15(19)20)9-12-5-4-6-13(7-12)21-3/h4-7,10-11H,8-9H2,1-3H3,(H,19,20). The zero-order valence-corrected chi connectivity index (χ0v) is 13.8. The van der Waals surface area contributed by atoms with Crippen molar-refractivity contribution in [2.45, 2.75) is 20.4 Å². The number of nitrogens with zero attached hydrogens (tertiary/aromatic N) is 2. The summed E-state index contributed by atoms with van der Waals surface area (Å²) in [5.74, 6) is 0.267. The van der Waals surface area contributed by atoms with E-state index in [1.165, 1.54) is 11.3 Å². The number of hydrogen-bond donors (Lipinski definition) is 1. The van der Waals surface area contributed by atoms with Crippen molar-refractivity contribution < 1.29 is 14.6 Å². The highest BCUT2D eigenvalue weighted by atomic mass is 32.1. The van der Waals surface area contributed by atoms with Crippen LogP contribution in [0.3, 0.4) is 0 Å². The number of ether oxygens (including phenoxy) is 1. The molecular weight excluding hydrogens is 300 g/mol. The maximum absolute atomic E-state index is 11.0. The molecule has 0 bridgehead atoms. The molecule has 0 saturated heterocycles. The van der Waals surface area contributed by atoms with Gasteiger partial charge in [0.05, 0.1) is 7.11 Å². The van der Waals surface area contributed by atoms with E-state index in [-0.39, 0.29) is 5.69 Å². The summed E-state index contributed by atoms with van der Waals surface area (Å²) in [4.78, 5) is 17.3. The molecule has 0 aliphatic carbocycles. The van der Waals surface area contributed by atoms with Gasteiger partial charge in [0.15, 0.2) is 10.8 Å². The van der Waals surface area contributed by atoms with Crippen LogP contribution in [0.1, 0.15) is 29.9 Å². The molecule has 1 aromatic carbocycles. The van der Waals surface area contributed by atoms with Crippen molar-refractivity contribution in [3.8, 4) is 5.75 Å². The molecule has 1 N–H and O–H groups in total. The van der Waals surface area contributed by atoms with Gasteiger partial charge in [-0.25, -0.2) is 9.78 Å². The fourth-order valence-corrected chi connectivity index (χ4v) is 2.96. The third-order valence-corrected chi connectivity index (χ3v) is 3.98. The number of carboxylic acids is 1. The second-order valence-corrected chi connectivity index (χ2v) is 6.28. The topological polar surface area (TPSA) is 62.7 Å². The van der Waals surface area contributed by atoms with Crippen molar-refractivity contribution in [2.75, 3.05) is 18.6 Å². The number of thiazole rings is 1. The molecule has 0 unspecified atom stereocenters. The molecule has 0 amide bonds. The van der Waals surface area contributed by atoms with E-state index < -0.39 is 5.97 Å². The Morgan fingerprint density at radius 3 is 2.82 bits per heavy atom. The van der Waals surface area contributed by atoms with Crippen molar-refractivity contribution in [3.63, 3.8) is 0 Å². The molecule has 1 heterocycles.